The summed E-state index contributed by atoms with van der Waals surface area (Å²) in [6.07, 6.45) is 1.93. The van der Waals surface area contributed by atoms with Gasteiger partial charge in [-0.3, -0.25) is 9.10 Å². The highest BCUT2D eigenvalue weighted by molar-refractivity contribution is 7.92. The number of anilines is 1. The van der Waals surface area contributed by atoms with Gasteiger partial charge in [-0.05, 0) is 31.2 Å². The number of quaternary nitrogens is 1. The van der Waals surface area contributed by atoms with Crippen LogP contribution >= 0.6 is 11.6 Å². The maximum Gasteiger partial charge on any atom is 0.243 e. The summed E-state index contributed by atoms with van der Waals surface area (Å²) in [5, 5.41) is 3.34. The van der Waals surface area contributed by atoms with E-state index < -0.39 is 16.1 Å². The van der Waals surface area contributed by atoms with Crippen molar-refractivity contribution in [3.05, 3.63) is 29.3 Å². The van der Waals surface area contributed by atoms with Crippen LogP contribution in [-0.4, -0.2) is 66.0 Å². The lowest BCUT2D eigenvalue weighted by atomic mass is 10.2. The molecule has 2 rings (SSSR count). The minimum atomic E-state index is -3.61. The number of nitrogens with one attached hydrogen (secondary N) is 2. The van der Waals surface area contributed by atoms with Crippen molar-refractivity contribution in [3.63, 3.8) is 0 Å². The van der Waals surface area contributed by atoms with E-state index in [1.807, 2.05) is 0 Å². The Morgan fingerprint density at radius 1 is 1.31 bits per heavy atom. The van der Waals surface area contributed by atoms with E-state index in [-0.39, 0.29) is 5.91 Å². The first kappa shape index (κ1) is 21.0. The number of hydrogen-bond acceptors (Lipinski definition) is 4. The van der Waals surface area contributed by atoms with E-state index >= 15 is 0 Å². The fourth-order valence-corrected chi connectivity index (χ4v) is 4.31. The molecule has 1 aromatic rings. The molecule has 146 valence electrons. The van der Waals surface area contributed by atoms with E-state index in [1.54, 1.807) is 31.2 Å². The van der Waals surface area contributed by atoms with E-state index in [1.165, 1.54) is 4.90 Å². The molecule has 1 aromatic carbocycles. The first-order chi connectivity index (χ1) is 12.3. The summed E-state index contributed by atoms with van der Waals surface area (Å²) in [5.41, 5.74) is 0.414. The molecule has 1 saturated heterocycles. The van der Waals surface area contributed by atoms with Crippen molar-refractivity contribution in [1.29, 1.82) is 0 Å². The zero-order valence-electron chi connectivity index (χ0n) is 15.2. The van der Waals surface area contributed by atoms with Gasteiger partial charge in [0.15, 0.2) is 0 Å². The Morgan fingerprint density at radius 2 is 1.92 bits per heavy atom. The van der Waals surface area contributed by atoms with Gasteiger partial charge < -0.3 is 15.0 Å². The molecule has 1 amide bonds. The molecule has 1 aliphatic heterocycles. The van der Waals surface area contributed by atoms with E-state index in [9.17, 15) is 13.2 Å². The van der Waals surface area contributed by atoms with E-state index in [0.717, 1.165) is 49.8 Å². The van der Waals surface area contributed by atoms with Gasteiger partial charge in [0.05, 0.1) is 31.7 Å². The number of amides is 1. The number of carbonyl (C=O) groups is 1. The fraction of sp³-hybridized carbons (Fsp3) is 0.588. The van der Waals surface area contributed by atoms with Crippen LogP contribution in [-0.2, 0) is 19.6 Å². The summed E-state index contributed by atoms with van der Waals surface area (Å²) in [6, 6.07) is 5.54. The van der Waals surface area contributed by atoms with Crippen LogP contribution in [0.25, 0.3) is 0 Å². The van der Waals surface area contributed by atoms with Crippen LogP contribution in [0.5, 0.6) is 0 Å². The topological polar surface area (TPSA) is 80.2 Å². The molecule has 1 atom stereocenters. The van der Waals surface area contributed by atoms with E-state index in [2.05, 4.69) is 5.32 Å². The van der Waals surface area contributed by atoms with Crippen molar-refractivity contribution in [3.8, 4) is 0 Å². The van der Waals surface area contributed by atoms with Crippen LogP contribution in [0.3, 0.4) is 0 Å². The number of carbonyl (C=O) groups excluding carboxylic acids is 1. The average Bonchev–Trinajstić information content (AvgIpc) is 2.60. The summed E-state index contributed by atoms with van der Waals surface area (Å²) >= 11 is 5.86. The summed E-state index contributed by atoms with van der Waals surface area (Å²) in [5.74, 6) is -0.317. The number of ether oxygens (including phenoxy) is 1. The average molecular weight is 405 g/mol. The Bertz CT molecular complexity index is 690. The highest BCUT2D eigenvalue weighted by atomic mass is 35.5. The third-order valence-corrected chi connectivity index (χ3v) is 5.87. The fourth-order valence-electron chi connectivity index (χ4n) is 3.00. The Morgan fingerprint density at radius 3 is 2.50 bits per heavy atom. The van der Waals surface area contributed by atoms with Gasteiger partial charge >= 0.3 is 0 Å². The zero-order valence-corrected chi connectivity index (χ0v) is 16.8. The van der Waals surface area contributed by atoms with Crippen molar-refractivity contribution >= 4 is 33.2 Å². The molecule has 9 heteroatoms. The predicted molar refractivity (Wildman–Crippen MR) is 102 cm³/mol. The van der Waals surface area contributed by atoms with Crippen LogP contribution in [0.15, 0.2) is 24.3 Å². The Hall–Kier alpha value is -1.35. The van der Waals surface area contributed by atoms with Crippen molar-refractivity contribution in [2.75, 3.05) is 50.0 Å². The lowest BCUT2D eigenvalue weighted by Crippen LogP contribution is -3.14. The highest BCUT2D eigenvalue weighted by Gasteiger charge is 2.28. The smallest absolute Gasteiger partial charge is 0.243 e. The second-order valence-corrected chi connectivity index (χ2v) is 8.76. The lowest BCUT2D eigenvalue weighted by Gasteiger charge is -2.28. The predicted octanol–water partition coefficient (Wildman–Crippen LogP) is -0.0841. The minimum Gasteiger partial charge on any atom is -0.370 e. The van der Waals surface area contributed by atoms with Gasteiger partial charge in [-0.1, -0.05) is 11.6 Å². The van der Waals surface area contributed by atoms with Gasteiger partial charge in [0.2, 0.25) is 15.9 Å². The van der Waals surface area contributed by atoms with Crippen LogP contribution in [0.2, 0.25) is 5.02 Å². The van der Waals surface area contributed by atoms with Crippen molar-refractivity contribution < 1.29 is 22.8 Å². The van der Waals surface area contributed by atoms with Gasteiger partial charge in [-0.15, -0.1) is 0 Å². The molecule has 0 saturated carbocycles. The summed E-state index contributed by atoms with van der Waals surface area (Å²) in [6.45, 7) is 6.60. The first-order valence-electron chi connectivity index (χ1n) is 8.73. The minimum absolute atomic E-state index is 0.317. The lowest BCUT2D eigenvalue weighted by molar-refractivity contribution is -0.908. The maximum atomic E-state index is 12.5. The number of nitrogens with zero attached hydrogens (tertiary/aromatic N) is 1. The molecule has 0 radical (unpaired) electrons. The third kappa shape index (κ3) is 6.12. The molecule has 0 bridgehead atoms. The van der Waals surface area contributed by atoms with Gasteiger partial charge in [0.25, 0.3) is 0 Å². The van der Waals surface area contributed by atoms with Crippen LogP contribution in [0, 0.1) is 0 Å². The van der Waals surface area contributed by atoms with E-state index in [4.69, 9.17) is 16.3 Å². The van der Waals surface area contributed by atoms with Crippen LogP contribution in [0.1, 0.15) is 13.3 Å². The summed E-state index contributed by atoms with van der Waals surface area (Å²) in [7, 11) is -3.61. The molecule has 26 heavy (non-hydrogen) atoms. The van der Waals surface area contributed by atoms with Gasteiger partial charge in [-0.2, -0.15) is 0 Å². The number of morpholine rings is 1. The number of halogens is 1. The Kier molecular flexibility index (Phi) is 7.69. The number of hydrogen-bond donors (Lipinski definition) is 2. The molecule has 0 aliphatic carbocycles. The van der Waals surface area contributed by atoms with Gasteiger partial charge in [0, 0.05) is 18.0 Å². The quantitative estimate of drug-likeness (QED) is 0.594. The third-order valence-electron chi connectivity index (χ3n) is 4.38. The standard InChI is InChI=1S/C17H26ClN3O4S/c1-14(17(22)19-8-3-9-20-10-12-25-13-11-20)21(26(2,23)24)16-6-4-15(18)5-7-16/h4-7,14H,3,8-13H2,1-2H3,(H,19,22)/p+1/t14-/m0/s1. The van der Waals surface area contributed by atoms with Crippen LogP contribution < -0.4 is 14.5 Å². The number of sulfonamides is 1. The molecule has 0 unspecified atom stereocenters. The zero-order chi connectivity index (χ0) is 19.2. The molecule has 1 fully saturated rings. The molecular weight excluding hydrogens is 378 g/mol. The van der Waals surface area contributed by atoms with Crippen molar-refractivity contribution in [2.24, 2.45) is 0 Å². The molecule has 2 N–H and O–H groups in total. The first-order valence-corrected chi connectivity index (χ1v) is 11.0. The molecule has 0 aromatic heterocycles. The Balaban J connectivity index is 1.91. The largest absolute Gasteiger partial charge is 0.370 e. The van der Waals surface area contributed by atoms with Crippen LogP contribution in [0.4, 0.5) is 5.69 Å². The summed E-state index contributed by atoms with van der Waals surface area (Å²) in [4.78, 5) is 13.9. The second kappa shape index (κ2) is 9.55. The SMILES string of the molecule is C[C@@H](C(=O)NCCC[NH+]1CCOCC1)N(c1ccc(Cl)cc1)S(C)(=O)=O. The van der Waals surface area contributed by atoms with Crippen molar-refractivity contribution in [1.82, 2.24) is 5.32 Å². The van der Waals surface area contributed by atoms with E-state index in [0.29, 0.717) is 17.3 Å². The number of rotatable bonds is 8. The second-order valence-electron chi connectivity index (χ2n) is 6.47. The molecular formula is C17H27ClN3O4S+. The van der Waals surface area contributed by atoms with Crippen molar-refractivity contribution in [2.45, 2.75) is 19.4 Å². The number of benzene rings is 1. The maximum absolute atomic E-state index is 12.5. The highest BCUT2D eigenvalue weighted by Crippen LogP contribution is 2.22. The van der Waals surface area contributed by atoms with Gasteiger partial charge in [0.1, 0.15) is 19.1 Å². The molecule has 0 spiro atoms. The summed E-state index contributed by atoms with van der Waals surface area (Å²) < 4.78 is 30.8. The molecule has 1 aliphatic rings. The monoisotopic (exact) mass is 404 g/mol. The molecule has 7 nitrogen and oxygen atoms in total. The molecule has 1 heterocycles. The normalized spacial score (nSPS) is 16.9. The Labute approximate surface area is 160 Å². The van der Waals surface area contributed by atoms with Gasteiger partial charge in [-0.25, -0.2) is 8.42 Å².